The lowest BCUT2D eigenvalue weighted by Crippen LogP contribution is -2.25. The Hall–Kier alpha value is -0.340. The number of aryl methyl sites for hydroxylation is 1. The summed E-state index contributed by atoms with van der Waals surface area (Å²) in [6.45, 7) is 3.10. The number of thiophene rings is 1. The van der Waals surface area contributed by atoms with Crippen molar-refractivity contribution in [3.05, 3.63) is 21.9 Å². The zero-order valence-electron chi connectivity index (χ0n) is 8.83. The van der Waals surface area contributed by atoms with E-state index in [9.17, 15) is 0 Å². The van der Waals surface area contributed by atoms with Gasteiger partial charge in [-0.1, -0.05) is 12.8 Å². The fourth-order valence-electron chi connectivity index (χ4n) is 2.68. The Morgan fingerprint density at radius 3 is 2.86 bits per heavy atom. The molecule has 1 aliphatic carbocycles. The van der Waals surface area contributed by atoms with Gasteiger partial charge in [0.25, 0.3) is 0 Å². The topological polar surface area (TPSA) is 26.0 Å². The summed E-state index contributed by atoms with van der Waals surface area (Å²) in [5.74, 6) is 1.48. The minimum Gasteiger partial charge on any atom is -0.330 e. The molecule has 1 fully saturated rings. The highest BCUT2D eigenvalue weighted by atomic mass is 32.1. The summed E-state index contributed by atoms with van der Waals surface area (Å²) in [7, 11) is 0. The van der Waals surface area contributed by atoms with Gasteiger partial charge in [-0.05, 0) is 55.2 Å². The molecule has 0 saturated heterocycles. The van der Waals surface area contributed by atoms with Crippen molar-refractivity contribution in [1.29, 1.82) is 0 Å². The van der Waals surface area contributed by atoms with Gasteiger partial charge < -0.3 is 5.73 Å². The minimum absolute atomic E-state index is 0.733. The summed E-state index contributed by atoms with van der Waals surface area (Å²) in [6, 6.07) is 2.30. The first-order valence-corrected chi connectivity index (χ1v) is 6.45. The Balaban J connectivity index is 2.19. The molecular formula is C12H19NS. The van der Waals surface area contributed by atoms with Crippen LogP contribution in [0.2, 0.25) is 0 Å². The van der Waals surface area contributed by atoms with Gasteiger partial charge in [-0.3, -0.25) is 0 Å². The first-order valence-electron chi connectivity index (χ1n) is 5.57. The van der Waals surface area contributed by atoms with Gasteiger partial charge in [0.2, 0.25) is 0 Å². The smallest absolute Gasteiger partial charge is 0.00491 e. The molecule has 2 unspecified atom stereocenters. The van der Waals surface area contributed by atoms with E-state index in [2.05, 4.69) is 18.4 Å². The fourth-order valence-corrected chi connectivity index (χ4v) is 3.45. The van der Waals surface area contributed by atoms with E-state index in [1.165, 1.54) is 30.6 Å². The number of nitrogens with two attached hydrogens (primary N) is 1. The summed E-state index contributed by atoms with van der Waals surface area (Å²) in [5.41, 5.74) is 7.43. The van der Waals surface area contributed by atoms with Gasteiger partial charge in [-0.2, -0.15) is 0 Å². The van der Waals surface area contributed by atoms with Gasteiger partial charge in [-0.25, -0.2) is 0 Å². The van der Waals surface area contributed by atoms with E-state index in [4.69, 9.17) is 5.73 Å². The third-order valence-corrected chi connectivity index (χ3v) is 4.37. The van der Waals surface area contributed by atoms with E-state index >= 15 is 0 Å². The second kappa shape index (κ2) is 4.45. The van der Waals surface area contributed by atoms with Gasteiger partial charge >= 0.3 is 0 Å². The van der Waals surface area contributed by atoms with Crippen LogP contribution in [0.15, 0.2) is 11.4 Å². The number of hydrogen-bond donors (Lipinski definition) is 1. The maximum Gasteiger partial charge on any atom is 0.00491 e. The molecule has 78 valence electrons. The molecule has 1 aromatic rings. The van der Waals surface area contributed by atoms with Crippen LogP contribution >= 0.6 is 11.3 Å². The Bertz CT molecular complexity index is 292. The van der Waals surface area contributed by atoms with Gasteiger partial charge in [0.1, 0.15) is 0 Å². The highest BCUT2D eigenvalue weighted by molar-refractivity contribution is 7.10. The second-order valence-corrected chi connectivity index (χ2v) is 5.44. The van der Waals surface area contributed by atoms with E-state index in [0.29, 0.717) is 0 Å². The third kappa shape index (κ3) is 1.86. The average Bonchev–Trinajstić information content (AvgIpc) is 2.64. The minimum atomic E-state index is 0.733. The van der Waals surface area contributed by atoms with Crippen LogP contribution in [0.5, 0.6) is 0 Å². The van der Waals surface area contributed by atoms with Crippen molar-refractivity contribution in [2.75, 3.05) is 6.54 Å². The van der Waals surface area contributed by atoms with E-state index in [0.717, 1.165) is 18.4 Å². The van der Waals surface area contributed by atoms with Crippen LogP contribution in [0.3, 0.4) is 0 Å². The second-order valence-electron chi connectivity index (χ2n) is 4.32. The maximum atomic E-state index is 5.85. The highest BCUT2D eigenvalue weighted by Gasteiger charge is 2.26. The van der Waals surface area contributed by atoms with Gasteiger partial charge in [0.05, 0.1) is 0 Å². The molecule has 2 rings (SSSR count). The lowest BCUT2D eigenvalue weighted by Gasteiger charge is -2.30. The molecule has 2 heteroatoms. The van der Waals surface area contributed by atoms with Crippen LogP contribution in [0.25, 0.3) is 0 Å². The molecule has 1 saturated carbocycles. The van der Waals surface area contributed by atoms with Crippen molar-refractivity contribution < 1.29 is 0 Å². The molecule has 0 amide bonds. The predicted molar refractivity (Wildman–Crippen MR) is 62.8 cm³/mol. The van der Waals surface area contributed by atoms with Gasteiger partial charge in [0, 0.05) is 4.88 Å². The van der Waals surface area contributed by atoms with Crippen LogP contribution in [-0.4, -0.2) is 6.54 Å². The largest absolute Gasteiger partial charge is 0.330 e. The molecule has 1 heterocycles. The van der Waals surface area contributed by atoms with Crippen molar-refractivity contribution in [1.82, 2.24) is 0 Å². The number of hydrogen-bond acceptors (Lipinski definition) is 2. The zero-order chi connectivity index (χ0) is 9.97. The van der Waals surface area contributed by atoms with Crippen molar-refractivity contribution in [2.45, 2.75) is 38.5 Å². The van der Waals surface area contributed by atoms with Crippen LogP contribution in [0.1, 0.15) is 42.0 Å². The van der Waals surface area contributed by atoms with Crippen molar-refractivity contribution >= 4 is 11.3 Å². The summed E-state index contributed by atoms with van der Waals surface area (Å²) in [6.07, 6.45) is 5.44. The first kappa shape index (κ1) is 10.2. The molecule has 2 atom stereocenters. The van der Waals surface area contributed by atoms with E-state index in [1.54, 1.807) is 5.56 Å². The zero-order valence-corrected chi connectivity index (χ0v) is 9.65. The molecule has 2 N–H and O–H groups in total. The predicted octanol–water partition coefficient (Wildman–Crippen LogP) is 3.29. The van der Waals surface area contributed by atoms with Crippen LogP contribution < -0.4 is 5.73 Å². The quantitative estimate of drug-likeness (QED) is 0.794. The van der Waals surface area contributed by atoms with E-state index < -0.39 is 0 Å². The lowest BCUT2D eigenvalue weighted by molar-refractivity contribution is 0.314. The molecule has 0 spiro atoms. The van der Waals surface area contributed by atoms with Crippen LogP contribution in [0.4, 0.5) is 0 Å². The molecule has 1 aromatic heterocycles. The standard InChI is InChI=1S/C12H19NS/c1-9-11(6-7-14-9)12-5-3-2-4-10(12)8-13/h6-7,10,12H,2-5,8,13H2,1H3. The first-order chi connectivity index (χ1) is 6.83. The summed E-state index contributed by atoms with van der Waals surface area (Å²) in [5, 5.41) is 2.22. The molecule has 14 heavy (non-hydrogen) atoms. The van der Waals surface area contributed by atoms with Gasteiger partial charge in [-0.15, -0.1) is 11.3 Å². The van der Waals surface area contributed by atoms with E-state index in [-0.39, 0.29) is 0 Å². The molecule has 0 radical (unpaired) electrons. The highest BCUT2D eigenvalue weighted by Crippen LogP contribution is 2.39. The SMILES string of the molecule is Cc1sccc1C1CCCCC1CN. The Morgan fingerprint density at radius 2 is 2.21 bits per heavy atom. The van der Waals surface area contributed by atoms with Crippen LogP contribution in [0, 0.1) is 12.8 Å². The monoisotopic (exact) mass is 209 g/mol. The number of rotatable bonds is 2. The van der Waals surface area contributed by atoms with Crippen molar-refractivity contribution in [3.8, 4) is 0 Å². The summed E-state index contributed by atoms with van der Waals surface area (Å²) in [4.78, 5) is 1.50. The van der Waals surface area contributed by atoms with Crippen molar-refractivity contribution in [2.24, 2.45) is 11.7 Å². The summed E-state index contributed by atoms with van der Waals surface area (Å²) >= 11 is 1.87. The molecule has 1 nitrogen and oxygen atoms in total. The fraction of sp³-hybridized carbons (Fsp3) is 0.667. The van der Waals surface area contributed by atoms with Gasteiger partial charge in [0.15, 0.2) is 0 Å². The Morgan fingerprint density at radius 1 is 1.43 bits per heavy atom. The molecule has 0 aliphatic heterocycles. The Labute approximate surface area is 90.3 Å². The average molecular weight is 209 g/mol. The maximum absolute atomic E-state index is 5.85. The Kier molecular flexibility index (Phi) is 3.24. The molecule has 0 bridgehead atoms. The van der Waals surface area contributed by atoms with E-state index in [1.807, 2.05) is 11.3 Å². The van der Waals surface area contributed by atoms with Crippen molar-refractivity contribution in [3.63, 3.8) is 0 Å². The lowest BCUT2D eigenvalue weighted by atomic mass is 9.76. The molecule has 0 aromatic carbocycles. The molecular weight excluding hydrogens is 190 g/mol. The van der Waals surface area contributed by atoms with Crippen LogP contribution in [-0.2, 0) is 0 Å². The third-order valence-electron chi connectivity index (χ3n) is 3.51. The normalized spacial score (nSPS) is 27.9. The summed E-state index contributed by atoms with van der Waals surface area (Å²) < 4.78 is 0. The molecule has 1 aliphatic rings.